The number of anilines is 5. The molecule has 14 aromatic rings. The first-order valence-electron chi connectivity index (χ1n) is 36.5. The fourth-order valence-electron chi connectivity index (χ4n) is 17.5. The van der Waals surface area contributed by atoms with E-state index in [4.69, 9.17) is 0 Å². The second-order valence-corrected chi connectivity index (χ2v) is 30.5. The zero-order valence-corrected chi connectivity index (χ0v) is 59.1. The SMILES string of the molecule is CC1(C)c2cc(/C=C/c3ccc4c(c3)C(C)(C)c3cc(N(C5=CC=C6C=CC=CC6C5)c5ccc(-c6ccc7ccccc7c6)cc5)ccc3-4)ccc2-c2ccc(/C=C/c3ccc4c(c3)C(C)(C)c3cc(N(c5ccc(-c6ccc7ccccc7c6)cc5)c5ccc6ccccc6c5)ccc3-4)cc21. The minimum Gasteiger partial charge on any atom is -0.314 e. The highest BCUT2D eigenvalue weighted by atomic mass is 15.2. The molecule has 14 aromatic carbocycles. The second kappa shape index (κ2) is 24.0. The topological polar surface area (TPSA) is 6.48 Å². The summed E-state index contributed by atoms with van der Waals surface area (Å²) < 4.78 is 0. The van der Waals surface area contributed by atoms with Crippen molar-refractivity contribution in [3.8, 4) is 55.6 Å². The molecule has 5 aliphatic rings. The molecular weight excluding hydrogens is 1240 g/mol. The zero-order valence-electron chi connectivity index (χ0n) is 59.1. The number of fused-ring (bicyclic) bond motifs is 13. The normalized spacial score (nSPS) is 15.9. The first-order valence-corrected chi connectivity index (χ1v) is 36.5. The van der Waals surface area contributed by atoms with E-state index < -0.39 is 0 Å². The van der Waals surface area contributed by atoms with Gasteiger partial charge in [-0.2, -0.15) is 0 Å². The monoisotopic (exact) mass is 1320 g/mol. The Morgan fingerprint density at radius 3 is 1.05 bits per heavy atom. The highest BCUT2D eigenvalue weighted by molar-refractivity contribution is 5.95. The van der Waals surface area contributed by atoms with Gasteiger partial charge in [-0.25, -0.2) is 0 Å². The summed E-state index contributed by atoms with van der Waals surface area (Å²) in [5, 5.41) is 7.47. The van der Waals surface area contributed by atoms with Gasteiger partial charge in [0, 0.05) is 56.3 Å². The summed E-state index contributed by atoms with van der Waals surface area (Å²) in [6.45, 7) is 14.4. The molecule has 0 aromatic heterocycles. The lowest BCUT2D eigenvalue weighted by Gasteiger charge is -2.33. The molecule has 2 nitrogen and oxygen atoms in total. The van der Waals surface area contributed by atoms with E-state index in [2.05, 4.69) is 397 Å². The van der Waals surface area contributed by atoms with Gasteiger partial charge in [-0.3, -0.25) is 0 Å². The molecule has 2 heteroatoms. The van der Waals surface area contributed by atoms with Crippen LogP contribution in [0.1, 0.15) is 104 Å². The fourth-order valence-corrected chi connectivity index (χ4v) is 17.5. The van der Waals surface area contributed by atoms with Crippen molar-refractivity contribution < 1.29 is 0 Å². The first kappa shape index (κ1) is 61.9. The zero-order chi connectivity index (χ0) is 69.3. The molecule has 0 radical (unpaired) electrons. The summed E-state index contributed by atoms with van der Waals surface area (Å²) in [6.07, 6.45) is 23.8. The van der Waals surface area contributed by atoms with Crippen molar-refractivity contribution in [3.05, 3.63) is 388 Å². The first-order chi connectivity index (χ1) is 50.2. The van der Waals surface area contributed by atoms with Crippen LogP contribution in [0.3, 0.4) is 0 Å². The summed E-state index contributed by atoms with van der Waals surface area (Å²) in [7, 11) is 0. The second-order valence-electron chi connectivity index (χ2n) is 30.5. The van der Waals surface area contributed by atoms with Gasteiger partial charge >= 0.3 is 0 Å². The Morgan fingerprint density at radius 2 is 0.612 bits per heavy atom. The van der Waals surface area contributed by atoms with Crippen LogP contribution in [0.25, 0.3) is 112 Å². The highest BCUT2D eigenvalue weighted by Gasteiger charge is 2.39. The molecule has 5 aliphatic carbocycles. The van der Waals surface area contributed by atoms with Crippen LogP contribution in [-0.4, -0.2) is 0 Å². The quantitative estimate of drug-likeness (QED) is 0.113. The van der Waals surface area contributed by atoms with Crippen LogP contribution >= 0.6 is 0 Å². The van der Waals surface area contributed by atoms with E-state index in [9.17, 15) is 0 Å². The Bertz CT molecular complexity index is 6050. The smallest absolute Gasteiger partial charge is 0.0468 e. The number of rotatable bonds is 12. The molecule has 492 valence electrons. The molecular formula is C101H78N2. The van der Waals surface area contributed by atoms with Crippen molar-refractivity contribution in [2.45, 2.75) is 64.2 Å². The average Bonchev–Trinajstić information content (AvgIpc) is 1.60. The average molecular weight is 1320 g/mol. The van der Waals surface area contributed by atoms with Crippen molar-refractivity contribution in [1.29, 1.82) is 0 Å². The largest absolute Gasteiger partial charge is 0.314 e. The summed E-state index contributed by atoms with van der Waals surface area (Å²) in [4.78, 5) is 4.93. The van der Waals surface area contributed by atoms with E-state index in [-0.39, 0.29) is 16.2 Å². The van der Waals surface area contributed by atoms with Gasteiger partial charge in [0.05, 0.1) is 0 Å². The minimum absolute atomic E-state index is 0.178. The molecule has 0 bridgehead atoms. The molecule has 103 heavy (non-hydrogen) atoms. The molecule has 1 unspecified atom stereocenters. The Balaban J connectivity index is 0.561. The molecule has 1 atom stereocenters. The standard InChI is InChI=1S/C101H78N2/c1-99(2)93-55-65(23-25-67-29-51-89-91-53-47-85(63-97(91)100(3,4)95(89)57-67)102(83-45-39-71-17-9-13-21-77(71)61-83)81-41-35-73(36-42-81)79-33-31-69-15-7-11-19-75(69)59-79)27-49-87(93)88-50-28-66(56-94(88)99)24-26-68-30-52-90-92-54-48-86(64-98(92)101(5,6)96(90)58-68)103(84-46-40-72-18-10-14-22-78(72)62-84)82-43-37-74(38-44-82)80-34-32-70-16-8-12-20-76(70)60-80/h7-61,63-64,78H,62H2,1-6H3/b25-23+,26-24+. The number of hydrogen-bond donors (Lipinski definition) is 0. The van der Waals surface area contributed by atoms with Crippen LogP contribution < -0.4 is 9.80 Å². The molecule has 0 N–H and O–H groups in total. The maximum absolute atomic E-state index is 2.50. The lowest BCUT2D eigenvalue weighted by atomic mass is 9.81. The van der Waals surface area contributed by atoms with Gasteiger partial charge in [-0.15, -0.1) is 0 Å². The summed E-state index contributed by atoms with van der Waals surface area (Å²) in [5.74, 6) is 0.350. The van der Waals surface area contributed by atoms with Gasteiger partial charge in [0.2, 0.25) is 0 Å². The van der Waals surface area contributed by atoms with E-state index in [1.54, 1.807) is 0 Å². The third kappa shape index (κ3) is 10.6. The molecule has 0 spiro atoms. The third-order valence-electron chi connectivity index (χ3n) is 23.3. The van der Waals surface area contributed by atoms with Gasteiger partial charge in [-0.05, 0) is 234 Å². The van der Waals surface area contributed by atoms with E-state index in [1.165, 1.54) is 161 Å². The Hall–Kier alpha value is -12.1. The van der Waals surface area contributed by atoms with E-state index >= 15 is 0 Å². The van der Waals surface area contributed by atoms with E-state index in [0.29, 0.717) is 5.92 Å². The van der Waals surface area contributed by atoms with Crippen molar-refractivity contribution in [1.82, 2.24) is 0 Å². The highest BCUT2D eigenvalue weighted by Crippen LogP contribution is 2.55. The summed E-state index contributed by atoms with van der Waals surface area (Å²) >= 11 is 0. The molecule has 0 amide bonds. The summed E-state index contributed by atoms with van der Waals surface area (Å²) in [5.41, 5.74) is 33.5. The molecule has 19 rings (SSSR count). The number of nitrogens with zero attached hydrogens (tertiary/aromatic N) is 2. The molecule has 0 heterocycles. The molecule has 0 saturated carbocycles. The van der Waals surface area contributed by atoms with Crippen LogP contribution in [-0.2, 0) is 16.2 Å². The lowest BCUT2D eigenvalue weighted by Crippen LogP contribution is -2.22. The predicted octanol–water partition coefficient (Wildman–Crippen LogP) is 27.3. The number of allylic oxidation sites excluding steroid dienone is 8. The Kier molecular flexibility index (Phi) is 14.5. The van der Waals surface area contributed by atoms with Crippen LogP contribution in [0, 0.1) is 5.92 Å². The van der Waals surface area contributed by atoms with Crippen molar-refractivity contribution in [2.75, 3.05) is 9.80 Å². The Morgan fingerprint density at radius 1 is 0.282 bits per heavy atom. The maximum Gasteiger partial charge on any atom is 0.0468 e. The van der Waals surface area contributed by atoms with Crippen molar-refractivity contribution in [2.24, 2.45) is 5.92 Å². The lowest BCUT2D eigenvalue weighted by molar-refractivity contribution is 0.659. The minimum atomic E-state index is -0.228. The van der Waals surface area contributed by atoms with E-state index in [1.807, 2.05) is 0 Å². The predicted molar refractivity (Wildman–Crippen MR) is 439 cm³/mol. The van der Waals surface area contributed by atoms with Crippen LogP contribution in [0.15, 0.2) is 333 Å². The molecule has 0 saturated heterocycles. The molecule has 0 aliphatic heterocycles. The third-order valence-corrected chi connectivity index (χ3v) is 23.3. The van der Waals surface area contributed by atoms with Gasteiger partial charge in [-0.1, -0.05) is 309 Å². The van der Waals surface area contributed by atoms with Crippen LogP contribution in [0.4, 0.5) is 28.4 Å². The van der Waals surface area contributed by atoms with Gasteiger partial charge in [0.25, 0.3) is 0 Å². The Labute approximate surface area is 605 Å². The maximum atomic E-state index is 2.50. The van der Waals surface area contributed by atoms with Crippen molar-refractivity contribution >= 4 is 85.1 Å². The van der Waals surface area contributed by atoms with Crippen molar-refractivity contribution in [3.63, 3.8) is 0 Å². The van der Waals surface area contributed by atoms with Gasteiger partial charge < -0.3 is 9.80 Å². The van der Waals surface area contributed by atoms with Gasteiger partial charge in [0.1, 0.15) is 0 Å². The van der Waals surface area contributed by atoms with Gasteiger partial charge in [0.15, 0.2) is 0 Å². The fraction of sp³-hybridized carbons (Fsp3) is 0.109. The number of hydrogen-bond acceptors (Lipinski definition) is 2. The molecule has 0 fully saturated rings. The van der Waals surface area contributed by atoms with Crippen LogP contribution in [0.5, 0.6) is 0 Å². The van der Waals surface area contributed by atoms with Crippen LogP contribution in [0.2, 0.25) is 0 Å². The summed E-state index contributed by atoms with van der Waals surface area (Å²) in [6, 6.07) is 107. The number of benzene rings is 14. The van der Waals surface area contributed by atoms with E-state index in [0.717, 1.165) is 29.2 Å².